The number of hydrogen-bond acceptors (Lipinski definition) is 3. The Morgan fingerprint density at radius 1 is 1.21 bits per heavy atom. The van der Waals surface area contributed by atoms with E-state index in [4.69, 9.17) is 4.74 Å². The van der Waals surface area contributed by atoms with Crippen molar-refractivity contribution in [1.29, 1.82) is 0 Å². The molecule has 160 valence electrons. The lowest BCUT2D eigenvalue weighted by atomic mass is 9.98. The zero-order chi connectivity index (χ0) is 19.4. The Morgan fingerprint density at radius 3 is 2.79 bits per heavy atom. The summed E-state index contributed by atoms with van der Waals surface area (Å²) in [6, 6.07) is 8.60. The van der Waals surface area contributed by atoms with Gasteiger partial charge in [-0.2, -0.15) is 0 Å². The third-order valence-corrected chi connectivity index (χ3v) is 5.12. The Hall–Kier alpha value is -1.61. The fourth-order valence-corrected chi connectivity index (χ4v) is 3.60. The molecule has 7 heteroatoms. The normalized spacial score (nSPS) is 15.0. The molecule has 6 nitrogen and oxygen atoms in total. The first kappa shape index (κ1) is 23.7. The van der Waals surface area contributed by atoms with Crippen LogP contribution in [0.3, 0.4) is 0 Å². The molecule has 0 saturated heterocycles. The van der Waals surface area contributed by atoms with E-state index in [1.807, 2.05) is 19.6 Å². The molecule has 0 radical (unpaired) electrons. The average Bonchev–Trinajstić information content (AvgIpc) is 3.24. The molecule has 0 atom stereocenters. The SMILES string of the molecule is CN=C(NCCCOC1CCCCC1)NCc1cccc(Cn2ccnc2)c1.I. The van der Waals surface area contributed by atoms with Crippen molar-refractivity contribution in [1.82, 2.24) is 20.2 Å². The van der Waals surface area contributed by atoms with Crippen molar-refractivity contribution < 1.29 is 4.74 Å². The first-order chi connectivity index (χ1) is 13.8. The molecule has 1 aliphatic carbocycles. The fourth-order valence-electron chi connectivity index (χ4n) is 3.60. The van der Waals surface area contributed by atoms with Gasteiger partial charge in [-0.1, -0.05) is 43.5 Å². The summed E-state index contributed by atoms with van der Waals surface area (Å²) >= 11 is 0. The maximum atomic E-state index is 5.98. The van der Waals surface area contributed by atoms with E-state index in [0.717, 1.165) is 38.6 Å². The molecule has 2 N–H and O–H groups in total. The number of halogens is 1. The van der Waals surface area contributed by atoms with Gasteiger partial charge in [-0.3, -0.25) is 4.99 Å². The van der Waals surface area contributed by atoms with Gasteiger partial charge in [-0.05, 0) is 30.4 Å². The largest absolute Gasteiger partial charge is 0.378 e. The number of ether oxygens (including phenoxy) is 1. The van der Waals surface area contributed by atoms with Crippen molar-refractivity contribution in [3.63, 3.8) is 0 Å². The van der Waals surface area contributed by atoms with Crippen LogP contribution in [0, 0.1) is 0 Å². The minimum Gasteiger partial charge on any atom is -0.378 e. The lowest BCUT2D eigenvalue weighted by molar-refractivity contribution is 0.0277. The predicted octanol–water partition coefficient (Wildman–Crippen LogP) is 3.95. The molecule has 2 aromatic rings. The van der Waals surface area contributed by atoms with Crippen molar-refractivity contribution in [2.75, 3.05) is 20.2 Å². The second kappa shape index (κ2) is 13.6. The van der Waals surface area contributed by atoms with Crippen LogP contribution in [0.15, 0.2) is 48.0 Å². The summed E-state index contributed by atoms with van der Waals surface area (Å²) in [6.07, 6.45) is 13.6. The lowest BCUT2D eigenvalue weighted by Crippen LogP contribution is -2.37. The molecule has 3 rings (SSSR count). The highest BCUT2D eigenvalue weighted by Crippen LogP contribution is 2.20. The van der Waals surface area contributed by atoms with E-state index in [1.165, 1.54) is 43.2 Å². The quantitative estimate of drug-likeness (QED) is 0.232. The van der Waals surface area contributed by atoms with E-state index in [2.05, 4.69) is 49.4 Å². The van der Waals surface area contributed by atoms with E-state index < -0.39 is 0 Å². The van der Waals surface area contributed by atoms with E-state index in [-0.39, 0.29) is 24.0 Å². The van der Waals surface area contributed by atoms with Crippen LogP contribution >= 0.6 is 24.0 Å². The molecule has 29 heavy (non-hydrogen) atoms. The Kier molecular flexibility index (Phi) is 11.1. The zero-order valence-corrected chi connectivity index (χ0v) is 19.7. The summed E-state index contributed by atoms with van der Waals surface area (Å²) in [4.78, 5) is 8.41. The molecule has 0 unspecified atom stereocenters. The van der Waals surface area contributed by atoms with Crippen LogP contribution in [0.1, 0.15) is 49.7 Å². The van der Waals surface area contributed by atoms with Crippen molar-refractivity contribution in [3.8, 4) is 0 Å². The lowest BCUT2D eigenvalue weighted by Gasteiger charge is -2.22. The van der Waals surface area contributed by atoms with Crippen LogP contribution in [0.5, 0.6) is 0 Å². The number of benzene rings is 1. The van der Waals surface area contributed by atoms with E-state index in [9.17, 15) is 0 Å². The molecule has 0 amide bonds. The Balaban J connectivity index is 0.00000300. The minimum atomic E-state index is 0. The smallest absolute Gasteiger partial charge is 0.191 e. The third-order valence-electron chi connectivity index (χ3n) is 5.12. The fraction of sp³-hybridized carbons (Fsp3) is 0.545. The van der Waals surface area contributed by atoms with Crippen LogP contribution in [0.25, 0.3) is 0 Å². The molecule has 1 saturated carbocycles. The van der Waals surface area contributed by atoms with Gasteiger partial charge in [0.25, 0.3) is 0 Å². The van der Waals surface area contributed by atoms with Gasteiger partial charge in [-0.25, -0.2) is 4.98 Å². The number of nitrogens with zero attached hydrogens (tertiary/aromatic N) is 3. The molecule has 1 fully saturated rings. The zero-order valence-electron chi connectivity index (χ0n) is 17.3. The molecular formula is C22H34IN5O. The van der Waals surface area contributed by atoms with Crippen molar-refractivity contribution in [2.24, 2.45) is 4.99 Å². The monoisotopic (exact) mass is 511 g/mol. The molecule has 0 bridgehead atoms. The number of rotatable bonds is 9. The standard InChI is InChI=1S/C22H33N5O.HI/c1-23-22(25-11-6-14-28-21-9-3-2-4-10-21)26-16-19-7-5-8-20(15-19)17-27-13-12-24-18-27;/h5,7-8,12-13,15,18,21H,2-4,6,9-11,14,16-17H2,1H3,(H2,23,25,26);1H. The minimum absolute atomic E-state index is 0. The van der Waals surface area contributed by atoms with Crippen LogP contribution in [0.2, 0.25) is 0 Å². The molecule has 1 aromatic heterocycles. The van der Waals surface area contributed by atoms with Crippen molar-refractivity contribution in [3.05, 3.63) is 54.1 Å². The van der Waals surface area contributed by atoms with Gasteiger partial charge >= 0.3 is 0 Å². The highest BCUT2D eigenvalue weighted by Gasteiger charge is 2.12. The molecule has 1 aliphatic rings. The highest BCUT2D eigenvalue weighted by molar-refractivity contribution is 14.0. The van der Waals surface area contributed by atoms with E-state index in [0.29, 0.717) is 6.10 Å². The average molecular weight is 511 g/mol. The first-order valence-electron chi connectivity index (χ1n) is 10.4. The summed E-state index contributed by atoms with van der Waals surface area (Å²) < 4.78 is 8.05. The van der Waals surface area contributed by atoms with Gasteiger partial charge in [0.1, 0.15) is 0 Å². The number of aromatic nitrogens is 2. The number of nitrogens with one attached hydrogen (secondary N) is 2. The summed E-state index contributed by atoms with van der Waals surface area (Å²) in [5.41, 5.74) is 2.50. The van der Waals surface area contributed by atoms with E-state index in [1.54, 1.807) is 6.20 Å². The topological polar surface area (TPSA) is 63.5 Å². The van der Waals surface area contributed by atoms with Gasteiger partial charge in [0.15, 0.2) is 5.96 Å². The van der Waals surface area contributed by atoms with Crippen LogP contribution in [-0.2, 0) is 17.8 Å². The summed E-state index contributed by atoms with van der Waals surface area (Å²) in [5.74, 6) is 0.831. The Bertz CT molecular complexity index is 714. The summed E-state index contributed by atoms with van der Waals surface area (Å²) in [7, 11) is 1.81. The number of imidazole rings is 1. The number of hydrogen-bond donors (Lipinski definition) is 2. The Labute approximate surface area is 191 Å². The van der Waals surface area contributed by atoms with Gasteiger partial charge in [0.2, 0.25) is 0 Å². The summed E-state index contributed by atoms with van der Waals surface area (Å²) in [6.45, 7) is 3.27. The van der Waals surface area contributed by atoms with Gasteiger partial charge in [0.05, 0.1) is 12.4 Å². The Morgan fingerprint density at radius 2 is 2.03 bits per heavy atom. The number of aliphatic imine (C=N–C) groups is 1. The van der Waals surface area contributed by atoms with E-state index >= 15 is 0 Å². The molecule has 1 aromatic carbocycles. The summed E-state index contributed by atoms with van der Waals surface area (Å²) in [5, 5.41) is 6.77. The maximum absolute atomic E-state index is 5.98. The van der Waals surface area contributed by atoms with Crippen LogP contribution < -0.4 is 10.6 Å². The van der Waals surface area contributed by atoms with Crippen LogP contribution in [-0.4, -0.2) is 41.8 Å². The third kappa shape index (κ3) is 8.74. The maximum Gasteiger partial charge on any atom is 0.191 e. The second-order valence-electron chi connectivity index (χ2n) is 7.39. The molecule has 1 heterocycles. The predicted molar refractivity (Wildman–Crippen MR) is 129 cm³/mol. The van der Waals surface area contributed by atoms with Gasteiger partial charge in [0, 0.05) is 45.7 Å². The highest BCUT2D eigenvalue weighted by atomic mass is 127. The van der Waals surface area contributed by atoms with Crippen LogP contribution in [0.4, 0.5) is 0 Å². The van der Waals surface area contributed by atoms with Gasteiger partial charge in [-0.15, -0.1) is 24.0 Å². The molecule has 0 aliphatic heterocycles. The van der Waals surface area contributed by atoms with Gasteiger partial charge < -0.3 is 19.9 Å². The first-order valence-corrected chi connectivity index (χ1v) is 10.4. The van der Waals surface area contributed by atoms with Crippen molar-refractivity contribution in [2.45, 2.75) is 57.7 Å². The molecular weight excluding hydrogens is 477 g/mol. The second-order valence-corrected chi connectivity index (χ2v) is 7.39. The number of guanidine groups is 1. The van der Waals surface area contributed by atoms with Crippen molar-refractivity contribution >= 4 is 29.9 Å². The molecule has 0 spiro atoms.